The molecule has 4 rings (SSSR count). The first kappa shape index (κ1) is 13.6. The lowest BCUT2D eigenvalue weighted by Gasteiger charge is -2.12. The van der Waals surface area contributed by atoms with Gasteiger partial charge in [-0.3, -0.25) is 0 Å². The second kappa shape index (κ2) is 5.96. The fourth-order valence-corrected chi connectivity index (χ4v) is 3.33. The minimum atomic E-state index is 1.23. The number of rotatable bonds is 7. The summed E-state index contributed by atoms with van der Waals surface area (Å²) in [6.07, 6.45) is 16.6. The first-order valence-corrected chi connectivity index (χ1v) is 8.50. The minimum Gasteiger partial charge on any atom is -0.0584 e. The van der Waals surface area contributed by atoms with E-state index >= 15 is 0 Å². The zero-order valence-electron chi connectivity index (χ0n) is 13.0. The fourth-order valence-electron chi connectivity index (χ4n) is 3.33. The molecule has 0 aliphatic heterocycles. The summed E-state index contributed by atoms with van der Waals surface area (Å²) < 4.78 is 0. The average Bonchev–Trinajstić information content (AvgIpc) is 2.47. The van der Waals surface area contributed by atoms with Gasteiger partial charge in [0, 0.05) is 0 Å². The summed E-state index contributed by atoms with van der Waals surface area (Å²) in [5.41, 5.74) is 8.64. The van der Waals surface area contributed by atoms with Crippen molar-refractivity contribution in [3.05, 3.63) is 69.8 Å². The highest BCUT2D eigenvalue weighted by atomic mass is 14.1. The van der Waals surface area contributed by atoms with Gasteiger partial charge in [0.1, 0.15) is 0 Å². The SMILES string of the molecule is C1=Cc2cc(CCCCCCc3ccc4c(c3)C=C4)ccc21. The van der Waals surface area contributed by atoms with Crippen molar-refractivity contribution < 1.29 is 0 Å². The van der Waals surface area contributed by atoms with Crippen molar-refractivity contribution in [3.63, 3.8) is 0 Å². The summed E-state index contributed by atoms with van der Waals surface area (Å²) in [4.78, 5) is 0. The summed E-state index contributed by atoms with van der Waals surface area (Å²) >= 11 is 0. The standard InChI is InChI=1S/C22H22/c1(3-5-17-7-9-19-11-13-21(19)15-17)2-4-6-18-8-10-20-12-14-22(20)16-18/h7-16H,1-6H2. The van der Waals surface area contributed by atoms with Crippen LogP contribution in [0.1, 0.15) is 59.1 Å². The van der Waals surface area contributed by atoms with Gasteiger partial charge >= 0.3 is 0 Å². The number of hydrogen-bond acceptors (Lipinski definition) is 0. The molecule has 2 aliphatic rings. The molecular formula is C22H22. The van der Waals surface area contributed by atoms with Gasteiger partial charge in [0.25, 0.3) is 0 Å². The van der Waals surface area contributed by atoms with Crippen molar-refractivity contribution in [2.45, 2.75) is 38.5 Å². The van der Waals surface area contributed by atoms with Crippen LogP contribution in [0.5, 0.6) is 0 Å². The molecule has 0 bridgehead atoms. The molecule has 2 aliphatic carbocycles. The Morgan fingerprint density at radius 2 is 0.909 bits per heavy atom. The van der Waals surface area contributed by atoms with Crippen LogP contribution in [-0.2, 0) is 12.8 Å². The lowest BCUT2D eigenvalue weighted by Crippen LogP contribution is -1.94. The number of unbranched alkanes of at least 4 members (excludes halogenated alkanes) is 3. The summed E-state index contributed by atoms with van der Waals surface area (Å²) in [6, 6.07) is 13.8. The van der Waals surface area contributed by atoms with E-state index in [2.05, 4.69) is 60.7 Å². The second-order valence-electron chi connectivity index (χ2n) is 6.51. The van der Waals surface area contributed by atoms with E-state index in [0.717, 1.165) is 0 Å². The lowest BCUT2D eigenvalue weighted by molar-refractivity contribution is 0.640. The molecule has 0 heterocycles. The molecule has 0 atom stereocenters. The van der Waals surface area contributed by atoms with Gasteiger partial charge in [-0.15, -0.1) is 0 Å². The third kappa shape index (κ3) is 2.78. The van der Waals surface area contributed by atoms with Crippen LogP contribution in [0, 0.1) is 0 Å². The van der Waals surface area contributed by atoms with Crippen LogP contribution in [0.2, 0.25) is 0 Å². The molecule has 0 amide bonds. The number of hydrogen-bond donors (Lipinski definition) is 0. The Morgan fingerprint density at radius 1 is 0.455 bits per heavy atom. The Balaban J connectivity index is 1.15. The van der Waals surface area contributed by atoms with Crippen LogP contribution in [0.15, 0.2) is 36.4 Å². The molecule has 0 heteroatoms. The molecule has 0 radical (unpaired) electrons. The Hall–Kier alpha value is -2.08. The Kier molecular flexibility index (Phi) is 3.68. The maximum atomic E-state index is 2.35. The molecule has 22 heavy (non-hydrogen) atoms. The normalized spacial score (nSPS) is 13.3. The topological polar surface area (TPSA) is 0 Å². The van der Waals surface area contributed by atoms with Gasteiger partial charge < -0.3 is 0 Å². The molecular weight excluding hydrogens is 264 g/mol. The maximum absolute atomic E-state index is 2.35. The Bertz CT molecular complexity index is 681. The van der Waals surface area contributed by atoms with Crippen molar-refractivity contribution in [1.82, 2.24) is 0 Å². The van der Waals surface area contributed by atoms with Gasteiger partial charge in [0.05, 0.1) is 0 Å². The van der Waals surface area contributed by atoms with Crippen LogP contribution in [0.4, 0.5) is 0 Å². The summed E-state index contributed by atoms with van der Waals surface area (Å²) in [5, 5.41) is 0. The van der Waals surface area contributed by atoms with Gasteiger partial charge in [-0.25, -0.2) is 0 Å². The van der Waals surface area contributed by atoms with E-state index in [1.807, 2.05) is 0 Å². The average molecular weight is 286 g/mol. The van der Waals surface area contributed by atoms with Crippen LogP contribution in [-0.4, -0.2) is 0 Å². The molecule has 0 saturated carbocycles. The van der Waals surface area contributed by atoms with E-state index < -0.39 is 0 Å². The first-order valence-electron chi connectivity index (χ1n) is 8.50. The zero-order valence-corrected chi connectivity index (χ0v) is 13.0. The van der Waals surface area contributed by atoms with Gasteiger partial charge in [-0.1, -0.05) is 73.5 Å². The first-order chi connectivity index (χ1) is 10.9. The summed E-state index contributed by atoms with van der Waals surface area (Å²) in [6.45, 7) is 0. The third-order valence-corrected chi connectivity index (χ3v) is 4.87. The fraction of sp³-hybridized carbons (Fsp3) is 0.273. The highest BCUT2D eigenvalue weighted by Crippen LogP contribution is 2.26. The molecule has 0 N–H and O–H groups in total. The van der Waals surface area contributed by atoms with Crippen LogP contribution in [0.25, 0.3) is 24.3 Å². The van der Waals surface area contributed by atoms with Crippen LogP contribution in [0.3, 0.4) is 0 Å². The van der Waals surface area contributed by atoms with Gasteiger partial charge in [0.15, 0.2) is 0 Å². The molecule has 0 unspecified atom stereocenters. The van der Waals surface area contributed by atoms with E-state index in [-0.39, 0.29) is 0 Å². The van der Waals surface area contributed by atoms with Crippen molar-refractivity contribution in [3.8, 4) is 0 Å². The van der Waals surface area contributed by atoms with Crippen molar-refractivity contribution >= 4 is 24.3 Å². The number of fused-ring (bicyclic) bond motifs is 2. The van der Waals surface area contributed by atoms with Gasteiger partial charge in [-0.2, -0.15) is 0 Å². The molecule has 0 nitrogen and oxygen atoms in total. The highest BCUT2D eigenvalue weighted by molar-refractivity contribution is 5.86. The van der Waals surface area contributed by atoms with Crippen LogP contribution >= 0.6 is 0 Å². The smallest absolute Gasteiger partial charge is 0.0181 e. The maximum Gasteiger partial charge on any atom is -0.0181 e. The third-order valence-electron chi connectivity index (χ3n) is 4.87. The Labute approximate surface area is 133 Å². The number of benzene rings is 2. The minimum absolute atomic E-state index is 1.23. The molecule has 0 fully saturated rings. The van der Waals surface area contributed by atoms with Crippen LogP contribution < -0.4 is 0 Å². The molecule has 2 aromatic rings. The van der Waals surface area contributed by atoms with Gasteiger partial charge in [-0.05, 0) is 59.1 Å². The molecule has 110 valence electrons. The molecule has 0 saturated heterocycles. The quantitative estimate of drug-likeness (QED) is 0.365. The van der Waals surface area contributed by atoms with Crippen molar-refractivity contribution in [1.29, 1.82) is 0 Å². The molecule has 0 aromatic heterocycles. The van der Waals surface area contributed by atoms with E-state index in [1.54, 1.807) is 0 Å². The predicted octanol–water partition coefficient (Wildman–Crippen LogP) is 6.00. The lowest BCUT2D eigenvalue weighted by atomic mass is 9.93. The van der Waals surface area contributed by atoms with Crippen molar-refractivity contribution in [2.75, 3.05) is 0 Å². The highest BCUT2D eigenvalue weighted by Gasteiger charge is 2.06. The van der Waals surface area contributed by atoms with E-state index in [9.17, 15) is 0 Å². The van der Waals surface area contributed by atoms with Gasteiger partial charge in [0.2, 0.25) is 0 Å². The predicted molar refractivity (Wildman–Crippen MR) is 96.6 cm³/mol. The monoisotopic (exact) mass is 286 g/mol. The summed E-state index contributed by atoms with van der Waals surface area (Å²) in [5.74, 6) is 0. The second-order valence-corrected chi connectivity index (χ2v) is 6.51. The van der Waals surface area contributed by atoms with E-state index in [1.165, 1.54) is 71.9 Å². The zero-order chi connectivity index (χ0) is 14.8. The molecule has 0 spiro atoms. The van der Waals surface area contributed by atoms with E-state index in [0.29, 0.717) is 0 Å². The largest absolute Gasteiger partial charge is 0.0584 e. The molecule has 2 aromatic carbocycles. The van der Waals surface area contributed by atoms with E-state index in [4.69, 9.17) is 0 Å². The summed E-state index contributed by atoms with van der Waals surface area (Å²) in [7, 11) is 0. The van der Waals surface area contributed by atoms with Crippen molar-refractivity contribution in [2.24, 2.45) is 0 Å². The number of aryl methyl sites for hydroxylation is 2. The Morgan fingerprint density at radius 3 is 1.27 bits per heavy atom.